The Morgan fingerprint density at radius 2 is 1.84 bits per heavy atom. The van der Waals surface area contributed by atoms with E-state index >= 15 is 0 Å². The maximum absolute atomic E-state index is 13.4. The molecule has 0 radical (unpaired) electrons. The van der Waals surface area contributed by atoms with Gasteiger partial charge < -0.3 is 5.73 Å². The molecule has 2 rings (SSSR count). The lowest BCUT2D eigenvalue weighted by atomic mass is 10.0. The number of halogens is 1. The smallest absolute Gasteiger partial charge is 0.123 e. The average Bonchev–Trinajstić information content (AvgIpc) is 2.45. The molecule has 100 valence electrons. The van der Waals surface area contributed by atoms with Crippen LogP contribution in [0, 0.1) is 5.82 Å². The molecule has 2 aromatic carbocycles. The Morgan fingerprint density at radius 3 is 2.47 bits per heavy atom. The Morgan fingerprint density at radius 1 is 1.11 bits per heavy atom. The zero-order chi connectivity index (χ0) is 13.7. The van der Waals surface area contributed by atoms with E-state index in [0.717, 1.165) is 16.9 Å². The van der Waals surface area contributed by atoms with Crippen LogP contribution in [-0.4, -0.2) is 6.04 Å². The number of rotatable bonds is 5. The van der Waals surface area contributed by atoms with Gasteiger partial charge in [0.25, 0.3) is 0 Å². The Balaban J connectivity index is 2.26. The summed E-state index contributed by atoms with van der Waals surface area (Å²) in [6, 6.07) is 16.8. The monoisotopic (exact) mass is 275 g/mol. The summed E-state index contributed by atoms with van der Waals surface area (Å²) < 4.78 is 13.4. The highest BCUT2D eigenvalue weighted by molar-refractivity contribution is 7.99. The van der Waals surface area contributed by atoms with E-state index in [4.69, 9.17) is 5.73 Å². The Bertz CT molecular complexity index is 515. The molecule has 0 aliphatic carbocycles. The number of benzene rings is 2. The van der Waals surface area contributed by atoms with E-state index in [0.29, 0.717) is 0 Å². The molecule has 0 spiro atoms. The highest BCUT2D eigenvalue weighted by Gasteiger charge is 2.20. The van der Waals surface area contributed by atoms with Crippen molar-refractivity contribution in [3.63, 3.8) is 0 Å². The third kappa shape index (κ3) is 3.82. The van der Waals surface area contributed by atoms with Gasteiger partial charge in [0, 0.05) is 16.2 Å². The number of hydrogen-bond acceptors (Lipinski definition) is 2. The maximum Gasteiger partial charge on any atom is 0.123 e. The van der Waals surface area contributed by atoms with Crippen LogP contribution in [0.5, 0.6) is 0 Å². The fourth-order valence-electron chi connectivity index (χ4n) is 1.95. The topological polar surface area (TPSA) is 26.0 Å². The summed E-state index contributed by atoms with van der Waals surface area (Å²) in [6.07, 6.45) is 0.862. The Kier molecular flexibility index (Phi) is 5.00. The van der Waals surface area contributed by atoms with Gasteiger partial charge in [0.05, 0.1) is 0 Å². The molecular weight excluding hydrogens is 257 g/mol. The molecular formula is C16H18FNS. The lowest BCUT2D eigenvalue weighted by Gasteiger charge is -2.23. The van der Waals surface area contributed by atoms with E-state index in [-0.39, 0.29) is 17.1 Å². The van der Waals surface area contributed by atoms with Gasteiger partial charge in [0.15, 0.2) is 0 Å². The van der Waals surface area contributed by atoms with Crippen LogP contribution in [0.2, 0.25) is 0 Å². The van der Waals surface area contributed by atoms with Crippen molar-refractivity contribution in [1.29, 1.82) is 0 Å². The fraction of sp³-hybridized carbons (Fsp3) is 0.250. The zero-order valence-electron chi connectivity index (χ0n) is 10.9. The summed E-state index contributed by atoms with van der Waals surface area (Å²) in [7, 11) is 0. The first-order chi connectivity index (χ1) is 9.20. The summed E-state index contributed by atoms with van der Waals surface area (Å²) in [4.78, 5) is 1.15. The summed E-state index contributed by atoms with van der Waals surface area (Å²) >= 11 is 1.69. The minimum absolute atomic E-state index is 0.00649. The molecule has 0 aliphatic heterocycles. The molecule has 1 nitrogen and oxygen atoms in total. The number of nitrogens with two attached hydrogens (primary N) is 1. The van der Waals surface area contributed by atoms with E-state index in [9.17, 15) is 4.39 Å². The van der Waals surface area contributed by atoms with Crippen molar-refractivity contribution in [2.24, 2.45) is 5.73 Å². The lowest BCUT2D eigenvalue weighted by Crippen LogP contribution is -2.25. The van der Waals surface area contributed by atoms with Crippen LogP contribution < -0.4 is 5.73 Å². The number of thioether (sulfide) groups is 1. The molecule has 0 saturated heterocycles. The molecule has 0 fully saturated rings. The van der Waals surface area contributed by atoms with Gasteiger partial charge in [-0.05, 0) is 36.2 Å². The highest BCUT2D eigenvalue weighted by Crippen LogP contribution is 2.38. The quantitative estimate of drug-likeness (QED) is 0.819. The molecule has 2 atom stereocenters. The van der Waals surface area contributed by atoms with Crippen molar-refractivity contribution < 1.29 is 4.39 Å². The average molecular weight is 275 g/mol. The van der Waals surface area contributed by atoms with E-state index < -0.39 is 0 Å². The minimum atomic E-state index is -0.209. The van der Waals surface area contributed by atoms with Crippen molar-refractivity contribution in [3.8, 4) is 0 Å². The van der Waals surface area contributed by atoms with E-state index in [1.165, 1.54) is 6.07 Å². The molecule has 0 bridgehead atoms. The van der Waals surface area contributed by atoms with Crippen molar-refractivity contribution >= 4 is 11.8 Å². The normalized spacial score (nSPS) is 14.1. The van der Waals surface area contributed by atoms with Gasteiger partial charge in [-0.15, -0.1) is 11.8 Å². The second kappa shape index (κ2) is 6.73. The van der Waals surface area contributed by atoms with Gasteiger partial charge >= 0.3 is 0 Å². The Hall–Kier alpha value is -1.32. The fourth-order valence-corrected chi connectivity index (χ4v) is 3.20. The van der Waals surface area contributed by atoms with Gasteiger partial charge in [-0.25, -0.2) is 4.39 Å². The second-order valence-corrected chi connectivity index (χ2v) is 5.69. The van der Waals surface area contributed by atoms with Crippen LogP contribution in [-0.2, 0) is 0 Å². The summed E-state index contributed by atoms with van der Waals surface area (Å²) in [6.45, 7) is 2.06. The van der Waals surface area contributed by atoms with Gasteiger partial charge in [0.2, 0.25) is 0 Å². The number of hydrogen-bond donors (Lipinski definition) is 1. The van der Waals surface area contributed by atoms with Gasteiger partial charge in [-0.3, -0.25) is 0 Å². The van der Waals surface area contributed by atoms with Crippen molar-refractivity contribution in [2.45, 2.75) is 29.5 Å². The first kappa shape index (κ1) is 14.1. The largest absolute Gasteiger partial charge is 0.326 e. The molecule has 2 N–H and O–H groups in total. The van der Waals surface area contributed by atoms with Crippen molar-refractivity contribution in [1.82, 2.24) is 0 Å². The van der Waals surface area contributed by atoms with Crippen LogP contribution in [0.1, 0.15) is 24.2 Å². The van der Waals surface area contributed by atoms with Gasteiger partial charge in [-0.2, -0.15) is 0 Å². The van der Waals surface area contributed by atoms with Crippen molar-refractivity contribution in [2.75, 3.05) is 0 Å². The molecule has 3 heteroatoms. The van der Waals surface area contributed by atoms with Crippen molar-refractivity contribution in [3.05, 3.63) is 66.0 Å². The summed E-state index contributed by atoms with van der Waals surface area (Å²) in [5.41, 5.74) is 7.15. The minimum Gasteiger partial charge on any atom is -0.326 e. The van der Waals surface area contributed by atoms with Crippen LogP contribution in [0.15, 0.2) is 59.5 Å². The molecule has 19 heavy (non-hydrogen) atoms. The molecule has 0 saturated carbocycles. The first-order valence-electron chi connectivity index (χ1n) is 6.43. The predicted octanol–water partition coefficient (Wildman–Crippen LogP) is 4.40. The van der Waals surface area contributed by atoms with E-state index in [1.807, 2.05) is 24.3 Å². The van der Waals surface area contributed by atoms with Gasteiger partial charge in [-0.1, -0.05) is 37.3 Å². The SMILES string of the molecule is CCC(N)C(Sc1ccccc1)c1cccc(F)c1. The van der Waals surface area contributed by atoms with Crippen LogP contribution >= 0.6 is 11.8 Å². The molecule has 2 unspecified atom stereocenters. The highest BCUT2D eigenvalue weighted by atomic mass is 32.2. The predicted molar refractivity (Wildman–Crippen MR) is 79.7 cm³/mol. The molecule has 0 amide bonds. The second-order valence-electron chi connectivity index (χ2n) is 4.48. The Labute approximate surface area is 118 Å². The third-order valence-electron chi connectivity index (χ3n) is 3.04. The van der Waals surface area contributed by atoms with E-state index in [1.54, 1.807) is 23.9 Å². The molecule has 0 heterocycles. The zero-order valence-corrected chi connectivity index (χ0v) is 11.7. The van der Waals surface area contributed by atoms with Crippen LogP contribution in [0.3, 0.4) is 0 Å². The lowest BCUT2D eigenvalue weighted by molar-refractivity contribution is 0.610. The molecule has 0 aliphatic rings. The maximum atomic E-state index is 13.4. The third-order valence-corrected chi connectivity index (χ3v) is 4.46. The summed E-state index contributed by atoms with van der Waals surface area (Å²) in [5, 5.41) is 0.0723. The van der Waals surface area contributed by atoms with E-state index in [2.05, 4.69) is 19.1 Å². The molecule has 2 aromatic rings. The van der Waals surface area contributed by atoms with Crippen LogP contribution in [0.4, 0.5) is 4.39 Å². The first-order valence-corrected chi connectivity index (χ1v) is 7.31. The van der Waals surface area contributed by atoms with Gasteiger partial charge in [0.1, 0.15) is 5.82 Å². The standard InChI is InChI=1S/C16H18FNS/c1-2-15(18)16(12-7-6-8-13(17)11-12)19-14-9-4-3-5-10-14/h3-11,15-16H,2,18H2,1H3. The summed E-state index contributed by atoms with van der Waals surface area (Å²) in [5.74, 6) is -0.209. The van der Waals surface area contributed by atoms with Crippen LogP contribution in [0.25, 0.3) is 0 Å². The molecule has 0 aromatic heterocycles.